The highest BCUT2D eigenvalue weighted by atomic mass is 32.2. The molecule has 1 fully saturated rings. The number of likely N-dealkylation sites (tertiary alicyclic amines) is 1. The fourth-order valence-electron chi connectivity index (χ4n) is 4.33. The minimum atomic E-state index is -3.36. The van der Waals surface area contributed by atoms with Gasteiger partial charge in [0.1, 0.15) is 11.9 Å². The molecule has 1 aliphatic rings. The Kier molecular flexibility index (Phi) is 8.83. The van der Waals surface area contributed by atoms with E-state index < -0.39 is 10.0 Å². The van der Waals surface area contributed by atoms with Crippen molar-refractivity contribution in [3.8, 4) is 5.75 Å². The molecule has 0 amide bonds. The Balaban J connectivity index is 1.25. The number of rotatable bonds is 11. The molecule has 188 valence electrons. The predicted molar refractivity (Wildman–Crippen MR) is 143 cm³/mol. The molecule has 2 unspecified atom stereocenters. The maximum absolute atomic E-state index is 11.6. The molecule has 3 aromatic rings. The zero-order valence-electron chi connectivity index (χ0n) is 20.3. The van der Waals surface area contributed by atoms with Crippen LogP contribution in [0.4, 0.5) is 5.69 Å². The van der Waals surface area contributed by atoms with Crippen molar-refractivity contribution in [2.75, 3.05) is 30.6 Å². The number of ether oxygens (including phenoxy) is 2. The Morgan fingerprint density at radius 1 is 1.03 bits per heavy atom. The second-order valence-electron chi connectivity index (χ2n) is 9.07. The van der Waals surface area contributed by atoms with E-state index in [9.17, 15) is 8.42 Å². The first-order chi connectivity index (χ1) is 16.9. The van der Waals surface area contributed by atoms with E-state index in [4.69, 9.17) is 9.47 Å². The summed E-state index contributed by atoms with van der Waals surface area (Å²) in [5, 5.41) is 2.11. The molecule has 0 bridgehead atoms. The summed E-state index contributed by atoms with van der Waals surface area (Å²) < 4.78 is 38.5. The van der Waals surface area contributed by atoms with Gasteiger partial charge in [-0.05, 0) is 55.3 Å². The van der Waals surface area contributed by atoms with Crippen LogP contribution in [0.25, 0.3) is 0 Å². The smallest absolute Gasteiger partial charge is 0.229 e. The molecule has 0 saturated carbocycles. The molecule has 6 nitrogen and oxygen atoms in total. The van der Waals surface area contributed by atoms with Crippen molar-refractivity contribution in [2.45, 2.75) is 44.5 Å². The molecule has 0 spiro atoms. The van der Waals surface area contributed by atoms with E-state index in [1.807, 2.05) is 19.1 Å². The highest BCUT2D eigenvalue weighted by Crippen LogP contribution is 2.33. The lowest BCUT2D eigenvalue weighted by Gasteiger charge is -2.34. The summed E-state index contributed by atoms with van der Waals surface area (Å²) in [5.74, 6) is 0.554. The summed E-state index contributed by atoms with van der Waals surface area (Å²) in [6.45, 7) is 4.95. The summed E-state index contributed by atoms with van der Waals surface area (Å²) in [5.41, 5.74) is 1.67. The largest absolute Gasteiger partial charge is 0.488 e. The SMILES string of the molecule is CC(CCN1CCC(OC(c2ccccc2)c2cccs2)CC1)Oc1ccccc1NS(C)(=O)=O. The van der Waals surface area contributed by atoms with E-state index >= 15 is 0 Å². The third-order valence-corrected chi connectivity index (χ3v) is 7.64. The maximum Gasteiger partial charge on any atom is 0.229 e. The third kappa shape index (κ3) is 7.80. The molecule has 35 heavy (non-hydrogen) atoms. The van der Waals surface area contributed by atoms with Gasteiger partial charge in [0.25, 0.3) is 0 Å². The van der Waals surface area contributed by atoms with Gasteiger partial charge >= 0.3 is 0 Å². The van der Waals surface area contributed by atoms with E-state index in [0.717, 1.165) is 45.2 Å². The number of sulfonamides is 1. The van der Waals surface area contributed by atoms with E-state index in [0.29, 0.717) is 11.4 Å². The van der Waals surface area contributed by atoms with Gasteiger partial charge in [-0.2, -0.15) is 0 Å². The van der Waals surface area contributed by atoms with Crippen LogP contribution in [0.3, 0.4) is 0 Å². The normalized spacial score (nSPS) is 17.1. The summed E-state index contributed by atoms with van der Waals surface area (Å²) >= 11 is 1.74. The Labute approximate surface area is 212 Å². The van der Waals surface area contributed by atoms with Gasteiger partial charge in [0.15, 0.2) is 0 Å². The van der Waals surface area contributed by atoms with Crippen LogP contribution < -0.4 is 9.46 Å². The molecule has 2 aromatic carbocycles. The average molecular weight is 515 g/mol. The Morgan fingerprint density at radius 3 is 2.43 bits per heavy atom. The molecule has 1 aliphatic heterocycles. The lowest BCUT2D eigenvalue weighted by Crippen LogP contribution is -2.39. The maximum atomic E-state index is 11.6. The second kappa shape index (κ2) is 12.0. The number of thiophene rings is 1. The molecule has 4 rings (SSSR count). The Hall–Kier alpha value is -2.39. The summed E-state index contributed by atoms with van der Waals surface area (Å²) in [4.78, 5) is 3.71. The summed E-state index contributed by atoms with van der Waals surface area (Å²) in [6.07, 6.45) is 4.20. The lowest BCUT2D eigenvalue weighted by molar-refractivity contribution is -0.0266. The molecule has 8 heteroatoms. The number of hydrogen-bond donors (Lipinski definition) is 1. The van der Waals surface area contributed by atoms with Gasteiger partial charge in [0.2, 0.25) is 10.0 Å². The van der Waals surface area contributed by atoms with Crippen LogP contribution in [0.1, 0.15) is 42.7 Å². The molecule has 1 aromatic heterocycles. The third-order valence-electron chi connectivity index (χ3n) is 6.13. The van der Waals surface area contributed by atoms with E-state index in [-0.39, 0.29) is 18.3 Å². The number of nitrogens with zero attached hydrogens (tertiary/aromatic N) is 1. The number of para-hydroxylation sites is 2. The van der Waals surface area contributed by atoms with E-state index in [1.54, 1.807) is 29.5 Å². The zero-order valence-corrected chi connectivity index (χ0v) is 21.9. The van der Waals surface area contributed by atoms with Crippen LogP contribution in [-0.2, 0) is 14.8 Å². The van der Waals surface area contributed by atoms with Gasteiger partial charge in [-0.15, -0.1) is 11.3 Å². The highest BCUT2D eigenvalue weighted by molar-refractivity contribution is 7.92. The van der Waals surface area contributed by atoms with Gasteiger partial charge in [-0.3, -0.25) is 4.72 Å². The topological polar surface area (TPSA) is 67.9 Å². The zero-order chi connectivity index (χ0) is 24.7. The van der Waals surface area contributed by atoms with Crippen molar-refractivity contribution < 1.29 is 17.9 Å². The lowest BCUT2D eigenvalue weighted by atomic mass is 10.0. The first kappa shape index (κ1) is 25.7. The van der Waals surface area contributed by atoms with E-state index in [1.165, 1.54) is 10.4 Å². The standard InChI is InChI=1S/C27H34N2O4S2/c1-21(32-25-12-7-6-11-24(25)28-35(2,30)31)14-17-29-18-15-23(16-19-29)33-27(26-13-8-20-34-26)22-9-4-3-5-10-22/h3-13,20-21,23,27-28H,14-19H2,1-2H3. The van der Waals surface area contributed by atoms with Crippen LogP contribution in [0.2, 0.25) is 0 Å². The second-order valence-corrected chi connectivity index (χ2v) is 11.8. The summed E-state index contributed by atoms with van der Waals surface area (Å²) in [6, 6.07) is 21.9. The fraction of sp³-hybridized carbons (Fsp3) is 0.407. The van der Waals surface area contributed by atoms with Gasteiger partial charge in [-0.1, -0.05) is 48.5 Å². The molecule has 1 saturated heterocycles. The first-order valence-electron chi connectivity index (χ1n) is 12.1. The quantitative estimate of drug-likeness (QED) is 0.364. The van der Waals surface area contributed by atoms with Gasteiger partial charge in [0, 0.05) is 24.5 Å². The van der Waals surface area contributed by atoms with Crippen molar-refractivity contribution >= 4 is 27.0 Å². The molecule has 2 heterocycles. The summed E-state index contributed by atoms with van der Waals surface area (Å²) in [7, 11) is -3.36. The number of piperidine rings is 1. The molecule has 2 atom stereocenters. The van der Waals surface area contributed by atoms with Gasteiger partial charge in [0.05, 0.1) is 24.2 Å². The monoisotopic (exact) mass is 514 g/mol. The molecular formula is C27H34N2O4S2. The number of hydrogen-bond acceptors (Lipinski definition) is 6. The van der Waals surface area contributed by atoms with Crippen molar-refractivity contribution in [3.05, 3.63) is 82.6 Å². The minimum Gasteiger partial charge on any atom is -0.488 e. The fourth-order valence-corrected chi connectivity index (χ4v) is 5.69. The highest BCUT2D eigenvalue weighted by Gasteiger charge is 2.25. The van der Waals surface area contributed by atoms with Gasteiger partial charge in [-0.25, -0.2) is 8.42 Å². The molecule has 1 N–H and O–H groups in total. The molecule has 0 aliphatic carbocycles. The van der Waals surface area contributed by atoms with Crippen LogP contribution in [0.5, 0.6) is 5.75 Å². The minimum absolute atomic E-state index is 0.0122. The predicted octanol–water partition coefficient (Wildman–Crippen LogP) is 5.55. The van der Waals surface area contributed by atoms with Crippen molar-refractivity contribution in [1.82, 2.24) is 4.90 Å². The molecular weight excluding hydrogens is 480 g/mol. The van der Waals surface area contributed by atoms with Crippen molar-refractivity contribution in [3.63, 3.8) is 0 Å². The van der Waals surface area contributed by atoms with Crippen LogP contribution in [0.15, 0.2) is 72.1 Å². The van der Waals surface area contributed by atoms with Crippen LogP contribution >= 0.6 is 11.3 Å². The van der Waals surface area contributed by atoms with Crippen LogP contribution in [-0.4, -0.2) is 51.4 Å². The number of benzene rings is 2. The molecule has 0 radical (unpaired) electrons. The van der Waals surface area contributed by atoms with Crippen LogP contribution in [0, 0.1) is 0 Å². The van der Waals surface area contributed by atoms with Crippen molar-refractivity contribution in [2.24, 2.45) is 0 Å². The van der Waals surface area contributed by atoms with Gasteiger partial charge < -0.3 is 14.4 Å². The Bertz CT molecular complexity index is 1140. The number of anilines is 1. The Morgan fingerprint density at radius 2 is 1.74 bits per heavy atom. The van der Waals surface area contributed by atoms with E-state index in [2.05, 4.69) is 51.4 Å². The van der Waals surface area contributed by atoms with Crippen molar-refractivity contribution in [1.29, 1.82) is 0 Å². The first-order valence-corrected chi connectivity index (χ1v) is 14.8. The average Bonchev–Trinajstić information content (AvgIpc) is 3.38. The number of nitrogens with one attached hydrogen (secondary N) is 1.